The first-order chi connectivity index (χ1) is 7.06. The molecule has 0 heterocycles. The van der Waals surface area contributed by atoms with Gasteiger partial charge in [0.2, 0.25) is 0 Å². The van der Waals surface area contributed by atoms with E-state index in [2.05, 4.69) is 13.8 Å². The second-order valence-electron chi connectivity index (χ2n) is 3.67. The first-order valence-corrected chi connectivity index (χ1v) is 6.07. The Morgan fingerprint density at radius 1 is 1.40 bits per heavy atom. The summed E-state index contributed by atoms with van der Waals surface area (Å²) in [4.78, 5) is 0.585. The van der Waals surface area contributed by atoms with Crippen LogP contribution in [-0.2, 0) is 0 Å². The molecule has 15 heavy (non-hydrogen) atoms. The second kappa shape index (κ2) is 5.52. The zero-order valence-corrected chi connectivity index (χ0v) is 10.1. The van der Waals surface area contributed by atoms with Gasteiger partial charge >= 0.3 is 0 Å². The SMILES string of the molecule is CCC(C)Sc1c(F)cccc1[C@@H](C)O. The van der Waals surface area contributed by atoms with Crippen molar-refractivity contribution < 1.29 is 9.50 Å². The largest absolute Gasteiger partial charge is 0.389 e. The van der Waals surface area contributed by atoms with Crippen LogP contribution in [0.2, 0.25) is 0 Å². The van der Waals surface area contributed by atoms with Crippen LogP contribution in [0.15, 0.2) is 23.1 Å². The van der Waals surface area contributed by atoms with Gasteiger partial charge in [-0.2, -0.15) is 0 Å². The predicted octanol–water partition coefficient (Wildman–Crippen LogP) is 3.77. The van der Waals surface area contributed by atoms with Gasteiger partial charge in [0.05, 0.1) is 6.10 Å². The van der Waals surface area contributed by atoms with Crippen molar-refractivity contribution in [2.75, 3.05) is 0 Å². The Balaban J connectivity index is 3.02. The molecule has 1 rings (SSSR count). The van der Waals surface area contributed by atoms with Gasteiger partial charge in [-0.1, -0.05) is 26.0 Å². The first kappa shape index (κ1) is 12.5. The summed E-state index contributed by atoms with van der Waals surface area (Å²) in [5.74, 6) is -0.237. The summed E-state index contributed by atoms with van der Waals surface area (Å²) in [6.45, 7) is 5.79. The van der Waals surface area contributed by atoms with Crippen molar-refractivity contribution in [1.29, 1.82) is 0 Å². The summed E-state index contributed by atoms with van der Waals surface area (Å²) in [7, 11) is 0. The molecule has 1 unspecified atom stereocenters. The fourth-order valence-electron chi connectivity index (χ4n) is 1.26. The van der Waals surface area contributed by atoms with Crippen LogP contribution in [-0.4, -0.2) is 10.4 Å². The van der Waals surface area contributed by atoms with E-state index in [1.54, 1.807) is 19.1 Å². The van der Waals surface area contributed by atoms with Gasteiger partial charge in [-0.3, -0.25) is 0 Å². The van der Waals surface area contributed by atoms with Crippen molar-refractivity contribution in [2.45, 2.75) is 43.4 Å². The maximum Gasteiger partial charge on any atom is 0.137 e. The molecule has 0 aliphatic heterocycles. The average Bonchev–Trinajstić information content (AvgIpc) is 2.20. The number of halogens is 1. The number of rotatable bonds is 4. The number of aliphatic hydroxyl groups excluding tert-OH is 1. The van der Waals surface area contributed by atoms with Crippen LogP contribution < -0.4 is 0 Å². The molecule has 0 spiro atoms. The van der Waals surface area contributed by atoms with E-state index in [1.807, 2.05) is 0 Å². The minimum atomic E-state index is -0.618. The van der Waals surface area contributed by atoms with E-state index in [9.17, 15) is 9.50 Å². The van der Waals surface area contributed by atoms with Gasteiger partial charge in [0.1, 0.15) is 5.82 Å². The Labute approximate surface area is 94.7 Å². The van der Waals surface area contributed by atoms with Crippen molar-refractivity contribution in [2.24, 2.45) is 0 Å². The number of aliphatic hydroxyl groups is 1. The van der Waals surface area contributed by atoms with E-state index in [4.69, 9.17) is 0 Å². The topological polar surface area (TPSA) is 20.2 Å². The van der Waals surface area contributed by atoms with Gasteiger partial charge in [0, 0.05) is 10.1 Å². The third-order valence-corrected chi connectivity index (χ3v) is 3.74. The molecule has 0 aliphatic rings. The van der Waals surface area contributed by atoms with Crippen LogP contribution >= 0.6 is 11.8 Å². The third-order valence-electron chi connectivity index (χ3n) is 2.34. The van der Waals surface area contributed by atoms with Gasteiger partial charge < -0.3 is 5.11 Å². The summed E-state index contributed by atoms with van der Waals surface area (Å²) >= 11 is 1.49. The van der Waals surface area contributed by atoms with Crippen molar-refractivity contribution >= 4 is 11.8 Å². The van der Waals surface area contributed by atoms with E-state index in [0.717, 1.165) is 6.42 Å². The second-order valence-corrected chi connectivity index (χ2v) is 5.12. The lowest BCUT2D eigenvalue weighted by molar-refractivity contribution is 0.195. The molecular weight excluding hydrogens is 211 g/mol. The predicted molar refractivity (Wildman–Crippen MR) is 62.6 cm³/mol. The molecule has 0 saturated carbocycles. The van der Waals surface area contributed by atoms with Crippen LogP contribution in [0.3, 0.4) is 0 Å². The fraction of sp³-hybridized carbons (Fsp3) is 0.500. The van der Waals surface area contributed by atoms with E-state index in [0.29, 0.717) is 15.7 Å². The molecule has 84 valence electrons. The lowest BCUT2D eigenvalue weighted by Gasteiger charge is -2.15. The number of benzene rings is 1. The smallest absolute Gasteiger partial charge is 0.137 e. The molecule has 1 nitrogen and oxygen atoms in total. The Hall–Kier alpha value is -0.540. The lowest BCUT2D eigenvalue weighted by Crippen LogP contribution is -2.00. The van der Waals surface area contributed by atoms with E-state index in [-0.39, 0.29) is 5.82 Å². The van der Waals surface area contributed by atoms with Crippen LogP contribution in [0.4, 0.5) is 4.39 Å². The number of hydrogen-bond donors (Lipinski definition) is 1. The van der Waals surface area contributed by atoms with Crippen LogP contribution in [0.1, 0.15) is 38.9 Å². The van der Waals surface area contributed by atoms with E-state index < -0.39 is 6.10 Å². The van der Waals surface area contributed by atoms with Gasteiger partial charge in [-0.25, -0.2) is 4.39 Å². The van der Waals surface area contributed by atoms with Crippen molar-refractivity contribution in [1.82, 2.24) is 0 Å². The Morgan fingerprint density at radius 2 is 2.07 bits per heavy atom. The Bertz CT molecular complexity index is 325. The Kier molecular flexibility index (Phi) is 4.61. The molecule has 0 saturated heterocycles. The average molecular weight is 228 g/mol. The standard InChI is InChI=1S/C12H17FOS/c1-4-8(2)15-12-10(9(3)14)6-5-7-11(12)13/h5-9,14H,4H2,1-3H3/t8?,9-/m1/s1. The van der Waals surface area contributed by atoms with Crippen molar-refractivity contribution in [3.05, 3.63) is 29.6 Å². The molecule has 0 aliphatic carbocycles. The molecule has 0 bridgehead atoms. The molecule has 0 radical (unpaired) electrons. The zero-order chi connectivity index (χ0) is 11.4. The van der Waals surface area contributed by atoms with E-state index >= 15 is 0 Å². The minimum Gasteiger partial charge on any atom is -0.389 e. The van der Waals surface area contributed by atoms with Gasteiger partial charge in [0.25, 0.3) is 0 Å². The lowest BCUT2D eigenvalue weighted by atomic mass is 10.1. The minimum absolute atomic E-state index is 0.237. The summed E-state index contributed by atoms with van der Waals surface area (Å²) in [6.07, 6.45) is 0.366. The highest BCUT2D eigenvalue weighted by atomic mass is 32.2. The highest BCUT2D eigenvalue weighted by Gasteiger charge is 2.14. The molecule has 0 amide bonds. The molecule has 3 heteroatoms. The summed E-state index contributed by atoms with van der Waals surface area (Å²) in [5, 5.41) is 9.90. The molecule has 1 aromatic rings. The molecule has 2 atom stereocenters. The van der Waals surface area contributed by atoms with Crippen molar-refractivity contribution in [3.8, 4) is 0 Å². The summed E-state index contributed by atoms with van der Waals surface area (Å²) in [6, 6.07) is 4.85. The fourth-order valence-corrected chi connectivity index (χ4v) is 2.39. The quantitative estimate of drug-likeness (QED) is 0.792. The van der Waals surface area contributed by atoms with Crippen molar-refractivity contribution in [3.63, 3.8) is 0 Å². The van der Waals surface area contributed by atoms with Gasteiger partial charge in [0.15, 0.2) is 0 Å². The monoisotopic (exact) mass is 228 g/mol. The van der Waals surface area contributed by atoms with E-state index in [1.165, 1.54) is 17.8 Å². The highest BCUT2D eigenvalue weighted by molar-refractivity contribution is 8.00. The molecule has 0 fully saturated rings. The maximum atomic E-state index is 13.6. The van der Waals surface area contributed by atoms with Gasteiger partial charge in [-0.05, 0) is 25.0 Å². The molecule has 0 aromatic heterocycles. The number of thioether (sulfide) groups is 1. The normalized spacial score (nSPS) is 15.0. The van der Waals surface area contributed by atoms with Crippen LogP contribution in [0, 0.1) is 5.82 Å². The van der Waals surface area contributed by atoms with Gasteiger partial charge in [-0.15, -0.1) is 11.8 Å². The summed E-state index contributed by atoms with van der Waals surface area (Å²) < 4.78 is 13.6. The Morgan fingerprint density at radius 3 is 2.60 bits per heavy atom. The molecule has 1 aromatic carbocycles. The first-order valence-electron chi connectivity index (χ1n) is 5.19. The number of hydrogen-bond acceptors (Lipinski definition) is 2. The maximum absolute atomic E-state index is 13.6. The van der Waals surface area contributed by atoms with Crippen LogP contribution in [0.5, 0.6) is 0 Å². The zero-order valence-electron chi connectivity index (χ0n) is 9.33. The third kappa shape index (κ3) is 3.21. The highest BCUT2D eigenvalue weighted by Crippen LogP contribution is 2.33. The molecular formula is C12H17FOS. The van der Waals surface area contributed by atoms with Crippen LogP contribution in [0.25, 0.3) is 0 Å². The summed E-state index contributed by atoms with van der Waals surface area (Å²) in [5.41, 5.74) is 0.681. The molecule has 1 N–H and O–H groups in total.